The van der Waals surface area contributed by atoms with E-state index in [0.29, 0.717) is 0 Å². The Morgan fingerprint density at radius 3 is 2.15 bits per heavy atom. The lowest BCUT2D eigenvalue weighted by Gasteiger charge is -2.12. The van der Waals surface area contributed by atoms with Crippen LogP contribution >= 0.6 is 15.9 Å². The number of hydrogen-bond donors (Lipinski definition) is 0. The van der Waals surface area contributed by atoms with E-state index in [1.807, 2.05) is 0 Å². The van der Waals surface area contributed by atoms with Gasteiger partial charge < -0.3 is 0 Å². The molecule has 1 saturated carbocycles. The molecule has 0 nitrogen and oxygen atoms in total. The Hall–Kier alpha value is 0.480. The van der Waals surface area contributed by atoms with Gasteiger partial charge in [-0.2, -0.15) is 0 Å². The SMILES string of the molecule is BrCCCCCC1CCCCCC1. The van der Waals surface area contributed by atoms with Gasteiger partial charge >= 0.3 is 0 Å². The van der Waals surface area contributed by atoms with Gasteiger partial charge in [-0.15, -0.1) is 0 Å². The lowest BCUT2D eigenvalue weighted by atomic mass is 9.94. The van der Waals surface area contributed by atoms with Crippen molar-refractivity contribution in [2.75, 3.05) is 5.33 Å². The quantitative estimate of drug-likeness (QED) is 0.368. The minimum atomic E-state index is 1.08. The fourth-order valence-corrected chi connectivity index (χ4v) is 2.75. The predicted octanol–water partition coefficient (Wildman–Crippen LogP) is 4.91. The van der Waals surface area contributed by atoms with E-state index in [2.05, 4.69) is 15.9 Å². The lowest BCUT2D eigenvalue weighted by molar-refractivity contribution is 0.409. The van der Waals surface area contributed by atoms with Crippen LogP contribution in [-0.2, 0) is 0 Å². The molecule has 78 valence electrons. The van der Waals surface area contributed by atoms with Crippen molar-refractivity contribution in [3.05, 3.63) is 0 Å². The Morgan fingerprint density at radius 1 is 0.846 bits per heavy atom. The lowest BCUT2D eigenvalue weighted by Crippen LogP contribution is -1.98. The third-order valence-electron chi connectivity index (χ3n) is 3.22. The number of unbranched alkanes of at least 4 members (excludes halogenated alkanes) is 2. The zero-order chi connectivity index (χ0) is 9.36. The third-order valence-corrected chi connectivity index (χ3v) is 3.78. The molecular formula is C12H23Br. The average molecular weight is 247 g/mol. The topological polar surface area (TPSA) is 0 Å². The van der Waals surface area contributed by atoms with Crippen LogP contribution in [-0.4, -0.2) is 5.33 Å². The van der Waals surface area contributed by atoms with E-state index in [1.54, 1.807) is 0 Å². The number of rotatable bonds is 5. The molecule has 0 N–H and O–H groups in total. The Bertz CT molecular complexity index is 104. The van der Waals surface area contributed by atoms with Crippen LogP contribution in [0, 0.1) is 5.92 Å². The molecule has 0 bridgehead atoms. The molecule has 0 aromatic heterocycles. The monoisotopic (exact) mass is 246 g/mol. The van der Waals surface area contributed by atoms with Gasteiger partial charge in [0, 0.05) is 5.33 Å². The molecule has 0 spiro atoms. The summed E-state index contributed by atoms with van der Waals surface area (Å²) >= 11 is 3.49. The first-order valence-corrected chi connectivity index (χ1v) is 7.11. The Balaban J connectivity index is 1.98. The summed E-state index contributed by atoms with van der Waals surface area (Å²) in [5.74, 6) is 1.08. The molecular weight excluding hydrogens is 224 g/mol. The van der Waals surface area contributed by atoms with Crippen LogP contribution < -0.4 is 0 Å². The van der Waals surface area contributed by atoms with Crippen LogP contribution in [0.5, 0.6) is 0 Å². The minimum Gasteiger partial charge on any atom is -0.0928 e. The van der Waals surface area contributed by atoms with E-state index in [-0.39, 0.29) is 0 Å². The molecule has 0 aliphatic heterocycles. The molecule has 0 radical (unpaired) electrons. The molecule has 1 rings (SSSR count). The molecule has 13 heavy (non-hydrogen) atoms. The highest BCUT2D eigenvalue weighted by molar-refractivity contribution is 9.09. The summed E-state index contributed by atoms with van der Waals surface area (Å²) in [6, 6.07) is 0. The molecule has 1 aliphatic rings. The molecule has 1 aliphatic carbocycles. The second-order valence-electron chi connectivity index (χ2n) is 4.40. The van der Waals surface area contributed by atoms with E-state index >= 15 is 0 Å². The normalized spacial score (nSPS) is 20.1. The Kier molecular flexibility index (Phi) is 6.97. The van der Waals surface area contributed by atoms with E-state index in [0.717, 1.165) is 5.92 Å². The van der Waals surface area contributed by atoms with Crippen LogP contribution in [0.15, 0.2) is 0 Å². The van der Waals surface area contributed by atoms with Crippen molar-refractivity contribution in [3.63, 3.8) is 0 Å². The smallest absolute Gasteiger partial charge is 0.00313 e. The standard InChI is InChI=1S/C12H23Br/c13-11-7-3-6-10-12-8-4-1-2-5-9-12/h12H,1-11H2. The van der Waals surface area contributed by atoms with Gasteiger partial charge in [0.1, 0.15) is 0 Å². The van der Waals surface area contributed by atoms with Gasteiger partial charge in [0.2, 0.25) is 0 Å². The number of hydrogen-bond acceptors (Lipinski definition) is 0. The highest BCUT2D eigenvalue weighted by Crippen LogP contribution is 2.26. The minimum absolute atomic E-state index is 1.08. The molecule has 1 heteroatoms. The van der Waals surface area contributed by atoms with Crippen molar-refractivity contribution in [2.45, 2.75) is 64.2 Å². The van der Waals surface area contributed by atoms with Gasteiger partial charge in [0.05, 0.1) is 0 Å². The van der Waals surface area contributed by atoms with Crippen molar-refractivity contribution in [1.29, 1.82) is 0 Å². The largest absolute Gasteiger partial charge is 0.0928 e. The van der Waals surface area contributed by atoms with Crippen molar-refractivity contribution in [1.82, 2.24) is 0 Å². The van der Waals surface area contributed by atoms with Gasteiger partial charge in [0.25, 0.3) is 0 Å². The van der Waals surface area contributed by atoms with Crippen LogP contribution in [0.1, 0.15) is 64.2 Å². The first kappa shape index (κ1) is 11.6. The van der Waals surface area contributed by atoms with Crippen molar-refractivity contribution in [3.8, 4) is 0 Å². The summed E-state index contributed by atoms with van der Waals surface area (Å²) in [4.78, 5) is 0. The molecule has 0 unspecified atom stereocenters. The zero-order valence-corrected chi connectivity index (χ0v) is 10.3. The van der Waals surface area contributed by atoms with Crippen molar-refractivity contribution >= 4 is 15.9 Å². The summed E-state index contributed by atoms with van der Waals surface area (Å²) in [5.41, 5.74) is 0. The molecule has 0 saturated heterocycles. The van der Waals surface area contributed by atoms with Crippen LogP contribution in [0.4, 0.5) is 0 Å². The molecule has 0 atom stereocenters. The summed E-state index contributed by atoms with van der Waals surface area (Å²) in [6.45, 7) is 0. The van der Waals surface area contributed by atoms with E-state index in [9.17, 15) is 0 Å². The predicted molar refractivity (Wildman–Crippen MR) is 63.5 cm³/mol. The number of halogens is 1. The molecule has 1 fully saturated rings. The van der Waals surface area contributed by atoms with Crippen LogP contribution in [0.25, 0.3) is 0 Å². The molecule has 0 aromatic rings. The summed E-state index contributed by atoms with van der Waals surface area (Å²) in [7, 11) is 0. The molecule has 0 heterocycles. The third kappa shape index (κ3) is 5.72. The summed E-state index contributed by atoms with van der Waals surface area (Å²) in [5, 5.41) is 1.19. The van der Waals surface area contributed by atoms with Crippen LogP contribution in [0.2, 0.25) is 0 Å². The highest BCUT2D eigenvalue weighted by atomic mass is 79.9. The highest BCUT2D eigenvalue weighted by Gasteiger charge is 2.11. The zero-order valence-electron chi connectivity index (χ0n) is 8.73. The van der Waals surface area contributed by atoms with E-state index < -0.39 is 0 Å². The van der Waals surface area contributed by atoms with Gasteiger partial charge in [-0.1, -0.05) is 73.7 Å². The Labute approximate surface area is 91.6 Å². The second kappa shape index (κ2) is 7.84. The second-order valence-corrected chi connectivity index (χ2v) is 5.19. The van der Waals surface area contributed by atoms with E-state index in [1.165, 1.54) is 69.5 Å². The molecule has 0 amide bonds. The first-order valence-electron chi connectivity index (χ1n) is 5.99. The number of alkyl halides is 1. The van der Waals surface area contributed by atoms with Gasteiger partial charge in [-0.05, 0) is 12.3 Å². The van der Waals surface area contributed by atoms with Gasteiger partial charge in [-0.25, -0.2) is 0 Å². The van der Waals surface area contributed by atoms with Gasteiger partial charge in [0.15, 0.2) is 0 Å². The van der Waals surface area contributed by atoms with Crippen molar-refractivity contribution in [2.24, 2.45) is 5.92 Å². The maximum atomic E-state index is 3.49. The maximum Gasteiger partial charge on any atom is 0.00313 e. The first-order chi connectivity index (χ1) is 6.43. The van der Waals surface area contributed by atoms with E-state index in [4.69, 9.17) is 0 Å². The summed E-state index contributed by atoms with van der Waals surface area (Å²) < 4.78 is 0. The van der Waals surface area contributed by atoms with Crippen molar-refractivity contribution < 1.29 is 0 Å². The summed E-state index contributed by atoms with van der Waals surface area (Å²) in [6.07, 6.45) is 14.8. The fraction of sp³-hybridized carbons (Fsp3) is 1.00. The Morgan fingerprint density at radius 2 is 1.54 bits per heavy atom. The molecule has 0 aromatic carbocycles. The maximum absolute atomic E-state index is 3.49. The van der Waals surface area contributed by atoms with Crippen LogP contribution in [0.3, 0.4) is 0 Å². The van der Waals surface area contributed by atoms with Gasteiger partial charge in [-0.3, -0.25) is 0 Å². The average Bonchev–Trinajstić information content (AvgIpc) is 2.41. The fourth-order valence-electron chi connectivity index (χ4n) is 2.36.